The largest absolute Gasteiger partial charge is 0.430 e. The summed E-state index contributed by atoms with van der Waals surface area (Å²) in [5.41, 5.74) is 0. The van der Waals surface area contributed by atoms with Crippen LogP contribution in [0.15, 0.2) is 36.1 Å². The van der Waals surface area contributed by atoms with Gasteiger partial charge >= 0.3 is 5.97 Å². The Bertz CT molecular complexity index is 762. The Morgan fingerprint density at radius 3 is 1.02 bits per heavy atom. The summed E-state index contributed by atoms with van der Waals surface area (Å²) in [6.45, 7) is 4.56. The van der Waals surface area contributed by atoms with E-state index in [1.165, 1.54) is 218 Å². The van der Waals surface area contributed by atoms with Crippen molar-refractivity contribution in [1.82, 2.24) is 0 Å². The number of carbonyl (C=O) groups excluding carboxylic acids is 1. The first-order chi connectivity index (χ1) is 23.8. The summed E-state index contributed by atoms with van der Waals surface area (Å²) in [6.07, 6.45) is 60.1. The molecule has 1 atom stereocenters. The third kappa shape index (κ3) is 29.6. The van der Waals surface area contributed by atoms with E-state index in [2.05, 4.69) is 44.2 Å². The van der Waals surface area contributed by atoms with E-state index in [0.29, 0.717) is 0 Å². The van der Waals surface area contributed by atoms with Crippen molar-refractivity contribution in [1.29, 1.82) is 0 Å². The zero-order chi connectivity index (χ0) is 34.4. The third-order valence-corrected chi connectivity index (χ3v) is 10.4. The minimum absolute atomic E-state index is 0.0182. The molecule has 0 N–H and O–H groups in total. The zero-order valence-corrected chi connectivity index (χ0v) is 32.7. The molecule has 0 spiro atoms. The summed E-state index contributed by atoms with van der Waals surface area (Å²) >= 11 is 0. The van der Waals surface area contributed by atoms with Gasteiger partial charge in [-0.1, -0.05) is 199 Å². The summed E-state index contributed by atoms with van der Waals surface area (Å²) in [5, 5.41) is 0. The Labute approximate surface area is 301 Å². The molecule has 1 aliphatic heterocycles. The number of unbranched alkanes of at least 4 members (excludes halogenated alkanes) is 31. The van der Waals surface area contributed by atoms with Crippen molar-refractivity contribution in [2.45, 2.75) is 245 Å². The molecule has 1 saturated heterocycles. The maximum absolute atomic E-state index is 12.0. The van der Waals surface area contributed by atoms with Crippen LogP contribution in [0.2, 0.25) is 0 Å². The molecule has 0 aromatic heterocycles. The second kappa shape index (κ2) is 37.0. The van der Waals surface area contributed by atoms with Crippen LogP contribution in [0, 0.1) is 5.92 Å². The first kappa shape index (κ1) is 44.7. The highest BCUT2D eigenvalue weighted by Crippen LogP contribution is 2.32. The lowest BCUT2D eigenvalue weighted by molar-refractivity contribution is -0.157. The highest BCUT2D eigenvalue weighted by atomic mass is 16.6. The van der Waals surface area contributed by atoms with Crippen LogP contribution in [0.4, 0.5) is 0 Å². The van der Waals surface area contributed by atoms with Crippen LogP contribution < -0.4 is 0 Å². The Kier molecular flexibility index (Phi) is 34.4. The molecule has 1 heterocycles. The molecule has 0 saturated carbocycles. The van der Waals surface area contributed by atoms with E-state index in [-0.39, 0.29) is 11.9 Å². The molecule has 0 aromatic rings. The summed E-state index contributed by atoms with van der Waals surface area (Å²) in [6, 6.07) is 0. The van der Waals surface area contributed by atoms with Crippen LogP contribution in [-0.4, -0.2) is 5.97 Å². The van der Waals surface area contributed by atoms with Gasteiger partial charge in [-0.2, -0.15) is 0 Å². The van der Waals surface area contributed by atoms with Crippen molar-refractivity contribution in [2.24, 2.45) is 5.92 Å². The molecule has 280 valence electrons. The molecule has 2 heteroatoms. The van der Waals surface area contributed by atoms with Gasteiger partial charge in [0.2, 0.25) is 0 Å². The lowest BCUT2D eigenvalue weighted by atomic mass is 9.93. The molecule has 0 amide bonds. The first-order valence-electron chi connectivity index (χ1n) is 22.0. The topological polar surface area (TPSA) is 26.3 Å². The molecule has 0 aliphatic carbocycles. The zero-order valence-electron chi connectivity index (χ0n) is 32.7. The smallest absolute Gasteiger partial charge is 0.321 e. The lowest BCUT2D eigenvalue weighted by Gasteiger charge is -2.28. The van der Waals surface area contributed by atoms with Gasteiger partial charge in [-0.3, -0.25) is 4.79 Å². The number of esters is 1. The average Bonchev–Trinajstić information content (AvgIpc) is 3.09. The number of rotatable bonds is 38. The van der Waals surface area contributed by atoms with Crippen molar-refractivity contribution in [3.05, 3.63) is 36.1 Å². The second-order valence-electron chi connectivity index (χ2n) is 15.2. The van der Waals surface area contributed by atoms with E-state index in [0.717, 1.165) is 18.6 Å². The number of hydrogen-bond acceptors (Lipinski definition) is 2. The molecule has 1 aliphatic rings. The Balaban J connectivity index is 1.81. The summed E-state index contributed by atoms with van der Waals surface area (Å²) in [7, 11) is 0. The predicted molar refractivity (Wildman–Crippen MR) is 214 cm³/mol. The fraction of sp³-hybridized carbons (Fsp3) is 0.848. The molecule has 0 radical (unpaired) electrons. The maximum atomic E-state index is 12.0. The molecule has 1 fully saturated rings. The van der Waals surface area contributed by atoms with Crippen molar-refractivity contribution < 1.29 is 9.53 Å². The highest BCUT2D eigenvalue weighted by Gasteiger charge is 2.36. The van der Waals surface area contributed by atoms with Crippen molar-refractivity contribution in [3.8, 4) is 0 Å². The highest BCUT2D eigenvalue weighted by molar-refractivity contribution is 5.82. The summed E-state index contributed by atoms with van der Waals surface area (Å²) in [5.74, 6) is 1.07. The molecule has 1 unspecified atom stereocenters. The minimum Gasteiger partial charge on any atom is -0.430 e. The van der Waals surface area contributed by atoms with Crippen molar-refractivity contribution in [2.75, 3.05) is 0 Å². The Hall–Kier alpha value is -1.31. The van der Waals surface area contributed by atoms with Crippen molar-refractivity contribution >= 4 is 5.97 Å². The van der Waals surface area contributed by atoms with E-state index < -0.39 is 0 Å². The van der Waals surface area contributed by atoms with Gasteiger partial charge in [0.05, 0.1) is 0 Å². The van der Waals surface area contributed by atoms with Crippen LogP contribution in [0.1, 0.15) is 245 Å². The van der Waals surface area contributed by atoms with E-state index in [1.807, 2.05) is 0 Å². The monoisotopic (exact) mass is 669 g/mol. The van der Waals surface area contributed by atoms with Gasteiger partial charge in [-0.25, -0.2) is 0 Å². The fourth-order valence-electron chi connectivity index (χ4n) is 7.05. The Morgan fingerprint density at radius 1 is 0.396 bits per heavy atom. The van der Waals surface area contributed by atoms with E-state index in [9.17, 15) is 4.79 Å². The fourth-order valence-corrected chi connectivity index (χ4v) is 7.05. The lowest BCUT2D eigenvalue weighted by Crippen LogP contribution is -2.32. The maximum Gasteiger partial charge on any atom is 0.321 e. The van der Waals surface area contributed by atoms with Gasteiger partial charge in [0, 0.05) is 0 Å². The number of allylic oxidation sites excluding steroid dienone is 5. The average molecular weight is 669 g/mol. The summed E-state index contributed by atoms with van der Waals surface area (Å²) in [4.78, 5) is 12.0. The number of hydrogen-bond donors (Lipinski definition) is 0. The van der Waals surface area contributed by atoms with E-state index in [4.69, 9.17) is 4.74 Å². The van der Waals surface area contributed by atoms with Gasteiger partial charge in [0.15, 0.2) is 0 Å². The van der Waals surface area contributed by atoms with Crippen molar-refractivity contribution in [3.63, 3.8) is 0 Å². The first-order valence-corrected chi connectivity index (χ1v) is 22.0. The van der Waals surface area contributed by atoms with E-state index >= 15 is 0 Å². The predicted octanol–water partition coefficient (Wildman–Crippen LogP) is 16.2. The standard InChI is InChI=1S/C46H84O2/c1-3-5-7-9-11-13-15-17-19-21-23-25-27-29-31-33-35-37-39-41-43-45-44(46(47)48-45)42-40-38-36-34-32-30-28-26-24-22-20-18-16-14-12-10-8-6-4-2/h13-16,43-44H,3-12,17-42H2,1-2H3/b15-13+,16-14+,45-43+. The minimum atomic E-state index is 0.0182. The summed E-state index contributed by atoms with van der Waals surface area (Å²) < 4.78 is 5.40. The van der Waals surface area contributed by atoms with Crippen LogP contribution in [0.3, 0.4) is 0 Å². The molecular weight excluding hydrogens is 585 g/mol. The molecule has 1 rings (SSSR count). The van der Waals surface area contributed by atoms with Gasteiger partial charge in [0.1, 0.15) is 11.7 Å². The molecule has 2 nitrogen and oxygen atoms in total. The van der Waals surface area contributed by atoms with Crippen LogP contribution in [0.5, 0.6) is 0 Å². The molecule has 0 aromatic carbocycles. The normalized spacial score (nSPS) is 15.7. The van der Waals surface area contributed by atoms with Crippen LogP contribution >= 0.6 is 0 Å². The third-order valence-electron chi connectivity index (χ3n) is 10.4. The van der Waals surface area contributed by atoms with Gasteiger partial charge in [0.25, 0.3) is 0 Å². The van der Waals surface area contributed by atoms with Gasteiger partial charge in [-0.15, -0.1) is 0 Å². The van der Waals surface area contributed by atoms with Crippen LogP contribution in [0.25, 0.3) is 0 Å². The van der Waals surface area contributed by atoms with E-state index in [1.54, 1.807) is 0 Å². The van der Waals surface area contributed by atoms with Gasteiger partial charge in [-0.05, 0) is 76.7 Å². The second-order valence-corrected chi connectivity index (χ2v) is 15.2. The van der Waals surface area contributed by atoms with Gasteiger partial charge < -0.3 is 4.74 Å². The van der Waals surface area contributed by atoms with Crippen LogP contribution in [-0.2, 0) is 9.53 Å². The molecular formula is C46H84O2. The molecule has 48 heavy (non-hydrogen) atoms. The Morgan fingerprint density at radius 2 is 0.688 bits per heavy atom. The molecule has 0 bridgehead atoms. The quantitative estimate of drug-likeness (QED) is 0.0372. The number of carbonyl (C=O) groups is 1. The SMILES string of the molecule is CCCCCC/C=C/CCCCCCCCCCCCC/C=C1/OC(=O)C1CCCCCCCCCCCCC/C=C/CCCCCC. The number of ether oxygens (including phenoxy) is 1. The number of cyclic esters (lactones) is 1.